The Morgan fingerprint density at radius 3 is 2.18 bits per heavy atom. The Morgan fingerprint density at radius 1 is 0.758 bits per heavy atom. The van der Waals surface area contributed by atoms with Gasteiger partial charge in [0.25, 0.3) is 0 Å². The molecular weight excluding hydrogens is 418 g/mol. The quantitative estimate of drug-likeness (QED) is 0.260. The average molecular weight is 450 g/mol. The summed E-state index contributed by atoms with van der Waals surface area (Å²) in [7, 11) is -1.33. The molecule has 0 atom stereocenters. The highest BCUT2D eigenvalue weighted by Gasteiger charge is 2.21. The fourth-order valence-electron chi connectivity index (χ4n) is 4.51. The number of nitrogens with zero attached hydrogens (tertiary/aromatic N) is 1. The summed E-state index contributed by atoms with van der Waals surface area (Å²) in [5, 5.41) is 5.06. The number of hydrogen-bond donors (Lipinski definition) is 0. The van der Waals surface area contributed by atoms with E-state index in [2.05, 4.69) is 107 Å². The van der Waals surface area contributed by atoms with Crippen LogP contribution in [0.1, 0.15) is 26.3 Å². The van der Waals surface area contributed by atoms with Gasteiger partial charge in [-0.15, -0.1) is 0 Å². The number of fused-ring (bicyclic) bond motifs is 2. The lowest BCUT2D eigenvalue weighted by atomic mass is 9.82. The molecule has 0 unspecified atom stereocenters. The highest BCUT2D eigenvalue weighted by Crippen LogP contribution is 2.38. The van der Waals surface area contributed by atoms with Crippen LogP contribution in [0.15, 0.2) is 83.4 Å². The van der Waals surface area contributed by atoms with E-state index in [4.69, 9.17) is 9.40 Å². The molecule has 2 heterocycles. The summed E-state index contributed by atoms with van der Waals surface area (Å²) in [4.78, 5) is 4.77. The van der Waals surface area contributed by atoms with Gasteiger partial charge in [-0.3, -0.25) is 4.98 Å². The first kappa shape index (κ1) is 21.7. The van der Waals surface area contributed by atoms with Crippen LogP contribution in [0.2, 0.25) is 19.6 Å². The van der Waals surface area contributed by atoms with Gasteiger partial charge in [-0.2, -0.15) is 0 Å². The van der Waals surface area contributed by atoms with Crippen molar-refractivity contribution in [2.45, 2.75) is 45.8 Å². The molecule has 3 aromatic carbocycles. The summed E-state index contributed by atoms with van der Waals surface area (Å²) in [6, 6.07) is 26.2. The number of hydrogen-bond acceptors (Lipinski definition) is 2. The summed E-state index contributed by atoms with van der Waals surface area (Å²) >= 11 is 0. The van der Waals surface area contributed by atoms with Crippen molar-refractivity contribution in [3.8, 4) is 22.6 Å². The van der Waals surface area contributed by atoms with E-state index in [1.165, 1.54) is 21.5 Å². The Morgan fingerprint density at radius 2 is 1.48 bits per heavy atom. The van der Waals surface area contributed by atoms with E-state index in [1.807, 2.05) is 12.3 Å². The Labute approximate surface area is 197 Å². The molecule has 0 amide bonds. The Kier molecular flexibility index (Phi) is 5.06. The molecule has 3 heteroatoms. The van der Waals surface area contributed by atoms with Crippen LogP contribution in [0, 0.1) is 0 Å². The maximum Gasteiger partial charge on any atom is 0.161 e. The number of rotatable bonds is 3. The van der Waals surface area contributed by atoms with Crippen molar-refractivity contribution in [1.29, 1.82) is 0 Å². The van der Waals surface area contributed by atoms with Crippen molar-refractivity contribution in [2.75, 3.05) is 0 Å². The van der Waals surface area contributed by atoms with Crippen LogP contribution in [0.4, 0.5) is 0 Å². The van der Waals surface area contributed by atoms with Crippen molar-refractivity contribution >= 4 is 35.0 Å². The molecule has 33 heavy (non-hydrogen) atoms. The van der Waals surface area contributed by atoms with Gasteiger partial charge in [-0.05, 0) is 46.0 Å². The molecule has 0 aliphatic heterocycles. The van der Waals surface area contributed by atoms with Gasteiger partial charge in [0.1, 0.15) is 11.5 Å². The van der Waals surface area contributed by atoms with Crippen LogP contribution >= 0.6 is 0 Å². The smallest absolute Gasteiger partial charge is 0.161 e. The van der Waals surface area contributed by atoms with Crippen molar-refractivity contribution in [1.82, 2.24) is 4.98 Å². The zero-order chi connectivity index (χ0) is 23.4. The topological polar surface area (TPSA) is 26.0 Å². The Bertz CT molecular complexity index is 1460. The normalized spacial score (nSPS) is 12.5. The van der Waals surface area contributed by atoms with Crippen LogP contribution < -0.4 is 5.19 Å². The van der Waals surface area contributed by atoms with Crippen LogP contribution in [0.5, 0.6) is 0 Å². The second kappa shape index (κ2) is 7.70. The first-order chi connectivity index (χ1) is 15.6. The van der Waals surface area contributed by atoms with Crippen LogP contribution in [-0.4, -0.2) is 13.1 Å². The van der Waals surface area contributed by atoms with Crippen molar-refractivity contribution in [3.63, 3.8) is 0 Å². The fourth-order valence-corrected chi connectivity index (χ4v) is 5.68. The van der Waals surface area contributed by atoms with Gasteiger partial charge in [0, 0.05) is 22.7 Å². The third-order valence-corrected chi connectivity index (χ3v) is 8.48. The average Bonchev–Trinajstić information content (AvgIpc) is 3.21. The SMILES string of the molecule is CC(C)(C)c1cc(-c2nccc3cc(-c4ccc([Si](C)(C)C)cc4)oc23)cc2ccccc12. The van der Waals surface area contributed by atoms with Crippen LogP contribution in [0.25, 0.3) is 44.3 Å². The van der Waals surface area contributed by atoms with Gasteiger partial charge in [-0.1, -0.05) is 94.1 Å². The minimum absolute atomic E-state index is 0.0238. The Hall–Kier alpha value is -3.17. The molecule has 0 aliphatic rings. The summed E-state index contributed by atoms with van der Waals surface area (Å²) in [6.07, 6.45) is 1.89. The molecule has 166 valence electrons. The zero-order valence-electron chi connectivity index (χ0n) is 20.4. The second-order valence-corrected chi connectivity index (χ2v) is 16.1. The van der Waals surface area contributed by atoms with Crippen LogP contribution in [-0.2, 0) is 5.41 Å². The predicted molar refractivity (Wildman–Crippen MR) is 144 cm³/mol. The van der Waals surface area contributed by atoms with E-state index < -0.39 is 8.07 Å². The highest BCUT2D eigenvalue weighted by atomic mass is 28.3. The van der Waals surface area contributed by atoms with Gasteiger partial charge in [0.2, 0.25) is 0 Å². The highest BCUT2D eigenvalue weighted by molar-refractivity contribution is 6.88. The summed E-state index contributed by atoms with van der Waals surface area (Å²) in [5.74, 6) is 0.887. The molecule has 0 aliphatic carbocycles. The fraction of sp³-hybridized carbons (Fsp3) is 0.233. The molecule has 0 saturated heterocycles. The monoisotopic (exact) mass is 449 g/mol. The minimum atomic E-state index is -1.33. The molecular formula is C30H31NOSi. The molecule has 0 saturated carbocycles. The first-order valence-electron chi connectivity index (χ1n) is 11.6. The van der Waals surface area contributed by atoms with Gasteiger partial charge in [-0.25, -0.2) is 0 Å². The third-order valence-electron chi connectivity index (χ3n) is 6.41. The van der Waals surface area contributed by atoms with Crippen molar-refractivity contribution < 1.29 is 4.42 Å². The molecule has 5 aromatic rings. The number of furan rings is 1. The summed E-state index contributed by atoms with van der Waals surface area (Å²) < 4.78 is 6.45. The minimum Gasteiger partial charge on any atom is -0.454 e. The molecule has 0 fully saturated rings. The molecule has 0 spiro atoms. The van der Waals surface area contributed by atoms with E-state index in [-0.39, 0.29) is 5.41 Å². The van der Waals surface area contributed by atoms with E-state index in [0.29, 0.717) is 0 Å². The molecule has 0 bridgehead atoms. The summed E-state index contributed by atoms with van der Waals surface area (Å²) in [5.41, 5.74) is 5.29. The lowest BCUT2D eigenvalue weighted by Gasteiger charge is -2.22. The molecule has 2 nitrogen and oxygen atoms in total. The predicted octanol–water partition coefficient (Wildman–Crippen LogP) is 8.16. The lowest BCUT2D eigenvalue weighted by Crippen LogP contribution is -2.37. The van der Waals surface area contributed by atoms with Gasteiger partial charge in [0.15, 0.2) is 5.58 Å². The molecule has 5 rings (SSSR count). The first-order valence-corrected chi connectivity index (χ1v) is 15.1. The maximum absolute atomic E-state index is 6.45. The van der Waals surface area contributed by atoms with E-state index in [9.17, 15) is 0 Å². The molecule has 2 aromatic heterocycles. The van der Waals surface area contributed by atoms with Crippen molar-refractivity contribution in [3.05, 3.63) is 84.6 Å². The third kappa shape index (κ3) is 4.02. The second-order valence-electron chi connectivity index (χ2n) is 11.0. The summed E-state index contributed by atoms with van der Waals surface area (Å²) in [6.45, 7) is 13.9. The van der Waals surface area contributed by atoms with E-state index in [1.54, 1.807) is 0 Å². The van der Waals surface area contributed by atoms with E-state index in [0.717, 1.165) is 33.6 Å². The Balaban J connectivity index is 1.66. The van der Waals surface area contributed by atoms with Crippen LogP contribution in [0.3, 0.4) is 0 Å². The maximum atomic E-state index is 6.45. The van der Waals surface area contributed by atoms with Gasteiger partial charge in [0.05, 0.1) is 8.07 Å². The molecule has 0 N–H and O–H groups in total. The van der Waals surface area contributed by atoms with Gasteiger partial charge >= 0.3 is 0 Å². The zero-order valence-corrected chi connectivity index (χ0v) is 21.4. The number of aromatic nitrogens is 1. The largest absolute Gasteiger partial charge is 0.454 e. The van der Waals surface area contributed by atoms with Crippen molar-refractivity contribution in [2.24, 2.45) is 0 Å². The van der Waals surface area contributed by atoms with Gasteiger partial charge < -0.3 is 4.42 Å². The van der Waals surface area contributed by atoms with E-state index >= 15 is 0 Å². The standard InChI is InChI=1S/C30H31NOSi/c1-30(2,3)26-18-23(17-21-9-7-8-10-25(21)26)28-29-22(15-16-31-28)19-27(32-29)20-11-13-24(14-12-20)33(4,5)6/h7-19H,1-6H3. The molecule has 0 radical (unpaired) electrons. The number of benzene rings is 3. The lowest BCUT2D eigenvalue weighted by molar-refractivity contribution is 0.596. The number of pyridine rings is 1.